The largest absolute Gasteiger partial charge is 0.474 e. The van der Waals surface area contributed by atoms with Crippen molar-refractivity contribution in [2.75, 3.05) is 0 Å². The summed E-state index contributed by atoms with van der Waals surface area (Å²) in [5.41, 5.74) is 1.25. The van der Waals surface area contributed by atoms with Crippen LogP contribution in [0.25, 0.3) is 0 Å². The van der Waals surface area contributed by atoms with Crippen molar-refractivity contribution in [3.05, 3.63) is 28.8 Å². The van der Waals surface area contributed by atoms with Gasteiger partial charge in [0, 0.05) is 5.02 Å². The molecule has 1 aromatic carbocycles. The standard InChI is InChI=1S/C13H16BClN2O3/c1-8(2)12(18)6-13(19)17-14(20)11-4-3-10(15)5-9(11)7-16-17/h3-5,7-8,12,18,20H,6H2,1-2H3. The van der Waals surface area contributed by atoms with E-state index in [4.69, 9.17) is 11.6 Å². The fraction of sp³-hybridized carbons (Fsp3) is 0.385. The third-order valence-corrected chi connectivity index (χ3v) is 3.52. The molecule has 0 aliphatic carbocycles. The molecule has 0 aromatic heterocycles. The molecule has 1 aliphatic heterocycles. The van der Waals surface area contributed by atoms with E-state index in [9.17, 15) is 14.9 Å². The van der Waals surface area contributed by atoms with Crippen molar-refractivity contribution in [3.8, 4) is 0 Å². The molecule has 2 N–H and O–H groups in total. The number of aliphatic hydroxyl groups excluding tert-OH is 1. The minimum atomic E-state index is -1.15. The quantitative estimate of drug-likeness (QED) is 0.802. The fourth-order valence-electron chi connectivity index (χ4n) is 1.92. The fourth-order valence-corrected chi connectivity index (χ4v) is 2.10. The summed E-state index contributed by atoms with van der Waals surface area (Å²) in [5.74, 6) is -0.452. The number of nitrogens with zero attached hydrogens (tertiary/aromatic N) is 2. The van der Waals surface area contributed by atoms with Gasteiger partial charge in [-0.3, -0.25) is 4.79 Å². The van der Waals surface area contributed by atoms with Gasteiger partial charge in [0.05, 0.1) is 18.7 Å². The van der Waals surface area contributed by atoms with Crippen LogP contribution in [0.4, 0.5) is 0 Å². The van der Waals surface area contributed by atoms with Crippen molar-refractivity contribution in [1.29, 1.82) is 0 Å². The van der Waals surface area contributed by atoms with Crippen LogP contribution in [-0.4, -0.2) is 40.3 Å². The lowest BCUT2D eigenvalue weighted by atomic mass is 9.69. The molecule has 1 aliphatic rings. The molecule has 0 radical (unpaired) electrons. The average molecular weight is 295 g/mol. The number of carbonyl (C=O) groups is 1. The lowest BCUT2D eigenvalue weighted by molar-refractivity contribution is -0.130. The third-order valence-electron chi connectivity index (χ3n) is 3.29. The molecule has 0 saturated carbocycles. The second kappa shape index (κ2) is 5.95. The number of carbonyl (C=O) groups excluding carboxylic acids is 1. The molecule has 0 bridgehead atoms. The van der Waals surface area contributed by atoms with Gasteiger partial charge in [0.25, 0.3) is 0 Å². The number of amides is 1. The summed E-state index contributed by atoms with van der Waals surface area (Å²) < 4.78 is 0. The SMILES string of the molecule is CC(C)C(O)CC(=O)N1N=Cc2cc(Cl)ccc2B1O. The zero-order valence-electron chi connectivity index (χ0n) is 11.3. The van der Waals surface area contributed by atoms with E-state index in [2.05, 4.69) is 5.10 Å². The third kappa shape index (κ3) is 3.03. The van der Waals surface area contributed by atoms with Gasteiger partial charge < -0.3 is 10.1 Å². The first kappa shape index (κ1) is 15.0. The summed E-state index contributed by atoms with van der Waals surface area (Å²) in [6.07, 6.45) is 0.652. The molecule has 7 heteroatoms. The van der Waals surface area contributed by atoms with E-state index in [1.54, 1.807) is 18.2 Å². The second-order valence-electron chi connectivity index (χ2n) is 5.15. The topological polar surface area (TPSA) is 73.1 Å². The molecule has 1 atom stereocenters. The summed E-state index contributed by atoms with van der Waals surface area (Å²) in [5, 5.41) is 24.4. The number of benzene rings is 1. The van der Waals surface area contributed by atoms with Crippen LogP contribution >= 0.6 is 11.6 Å². The van der Waals surface area contributed by atoms with Crippen LogP contribution in [0.3, 0.4) is 0 Å². The molecular weight excluding hydrogens is 278 g/mol. The van der Waals surface area contributed by atoms with Crippen molar-refractivity contribution < 1.29 is 14.9 Å². The Kier molecular flexibility index (Phi) is 4.47. The summed E-state index contributed by atoms with van der Waals surface area (Å²) in [6.45, 7) is 3.65. The first-order valence-corrected chi connectivity index (χ1v) is 6.79. The Bertz CT molecular complexity index is 550. The minimum absolute atomic E-state index is 0.0315. The van der Waals surface area contributed by atoms with Gasteiger partial charge in [0.2, 0.25) is 5.91 Å². The molecule has 0 saturated heterocycles. The highest BCUT2D eigenvalue weighted by molar-refractivity contribution is 6.67. The Balaban J connectivity index is 2.17. The van der Waals surface area contributed by atoms with Crippen molar-refractivity contribution >= 4 is 36.2 Å². The molecule has 106 valence electrons. The minimum Gasteiger partial charge on any atom is -0.427 e. The zero-order chi connectivity index (χ0) is 14.9. The molecule has 1 unspecified atom stereocenters. The lowest BCUT2D eigenvalue weighted by Gasteiger charge is -2.26. The van der Waals surface area contributed by atoms with Gasteiger partial charge in [-0.2, -0.15) is 5.10 Å². The van der Waals surface area contributed by atoms with Gasteiger partial charge in [0.15, 0.2) is 0 Å². The highest BCUT2D eigenvalue weighted by Gasteiger charge is 2.34. The van der Waals surface area contributed by atoms with Crippen LogP contribution in [0.5, 0.6) is 0 Å². The molecule has 1 heterocycles. The second-order valence-corrected chi connectivity index (χ2v) is 5.58. The first-order valence-electron chi connectivity index (χ1n) is 6.41. The van der Waals surface area contributed by atoms with Crippen LogP contribution in [0, 0.1) is 5.92 Å². The van der Waals surface area contributed by atoms with Gasteiger partial charge >= 0.3 is 7.05 Å². The maximum atomic E-state index is 12.1. The van der Waals surface area contributed by atoms with E-state index in [1.165, 1.54) is 6.21 Å². The Labute approximate surface area is 123 Å². The average Bonchev–Trinajstić information content (AvgIpc) is 2.38. The Morgan fingerprint density at radius 3 is 2.85 bits per heavy atom. The van der Waals surface area contributed by atoms with Crippen molar-refractivity contribution in [3.63, 3.8) is 0 Å². The van der Waals surface area contributed by atoms with E-state index in [0.29, 0.717) is 16.0 Å². The van der Waals surface area contributed by atoms with E-state index in [-0.39, 0.29) is 12.3 Å². The van der Waals surface area contributed by atoms with E-state index < -0.39 is 19.1 Å². The van der Waals surface area contributed by atoms with E-state index in [1.807, 2.05) is 13.8 Å². The Morgan fingerprint density at radius 1 is 1.50 bits per heavy atom. The van der Waals surface area contributed by atoms with Crippen molar-refractivity contribution in [2.45, 2.75) is 26.4 Å². The Morgan fingerprint density at radius 2 is 2.20 bits per heavy atom. The molecule has 1 aromatic rings. The van der Waals surface area contributed by atoms with Gasteiger partial charge in [-0.15, -0.1) is 0 Å². The maximum absolute atomic E-state index is 12.1. The van der Waals surface area contributed by atoms with E-state index >= 15 is 0 Å². The molecule has 5 nitrogen and oxygen atoms in total. The predicted molar refractivity (Wildman–Crippen MR) is 79.0 cm³/mol. The van der Waals surface area contributed by atoms with Crippen LogP contribution in [0.1, 0.15) is 25.8 Å². The summed E-state index contributed by atoms with van der Waals surface area (Å²) in [4.78, 5) is 13.1. The normalized spacial score (nSPS) is 15.5. The maximum Gasteiger partial charge on any atom is 0.474 e. The van der Waals surface area contributed by atoms with Gasteiger partial charge in [-0.25, -0.2) is 4.92 Å². The highest BCUT2D eigenvalue weighted by Crippen LogP contribution is 2.15. The number of hydrogen-bond donors (Lipinski definition) is 2. The monoisotopic (exact) mass is 294 g/mol. The lowest BCUT2D eigenvalue weighted by Crippen LogP contribution is -2.53. The van der Waals surface area contributed by atoms with E-state index in [0.717, 1.165) is 4.92 Å². The van der Waals surface area contributed by atoms with Crippen LogP contribution < -0.4 is 5.46 Å². The number of aliphatic hydroxyl groups is 1. The number of hydrogen-bond acceptors (Lipinski definition) is 4. The number of halogens is 1. The smallest absolute Gasteiger partial charge is 0.427 e. The zero-order valence-corrected chi connectivity index (χ0v) is 12.1. The highest BCUT2D eigenvalue weighted by atomic mass is 35.5. The molecule has 20 heavy (non-hydrogen) atoms. The van der Waals surface area contributed by atoms with Gasteiger partial charge in [-0.1, -0.05) is 31.5 Å². The first-order chi connectivity index (χ1) is 9.40. The van der Waals surface area contributed by atoms with Crippen LogP contribution in [0.2, 0.25) is 5.02 Å². The summed E-state index contributed by atoms with van der Waals surface area (Å²) >= 11 is 5.87. The summed E-state index contributed by atoms with van der Waals surface area (Å²) in [7, 11) is -1.15. The number of fused-ring (bicyclic) bond motifs is 1. The molecule has 2 rings (SSSR count). The molecule has 0 fully saturated rings. The molecule has 0 spiro atoms. The van der Waals surface area contributed by atoms with Crippen molar-refractivity contribution in [1.82, 2.24) is 4.92 Å². The Hall–Kier alpha value is -1.37. The number of rotatable bonds is 3. The van der Waals surface area contributed by atoms with Crippen molar-refractivity contribution in [2.24, 2.45) is 11.0 Å². The van der Waals surface area contributed by atoms with Gasteiger partial charge in [-0.05, 0) is 29.1 Å². The van der Waals surface area contributed by atoms with Gasteiger partial charge in [0.1, 0.15) is 0 Å². The van der Waals surface area contributed by atoms with Crippen LogP contribution in [-0.2, 0) is 4.79 Å². The molecule has 1 amide bonds. The number of hydrazone groups is 1. The molecular formula is C13H16BClN2O3. The summed E-state index contributed by atoms with van der Waals surface area (Å²) in [6, 6.07) is 4.98. The van der Waals surface area contributed by atoms with Crippen LogP contribution in [0.15, 0.2) is 23.3 Å². The predicted octanol–water partition coefficient (Wildman–Crippen LogP) is 0.611.